The Morgan fingerprint density at radius 3 is 2.11 bits per heavy atom. The number of hydrogen-bond acceptors (Lipinski definition) is 2. The Balaban J connectivity index is 2.18. The molecule has 0 aliphatic heterocycles. The Morgan fingerprint density at radius 2 is 1.58 bits per heavy atom. The van der Waals surface area contributed by atoms with E-state index in [1.54, 1.807) is 0 Å². The minimum Gasteiger partial charge on any atom is -0.480 e. The molecule has 0 aliphatic rings. The fraction of sp³-hybridized carbons (Fsp3) is 0.188. The van der Waals surface area contributed by atoms with Crippen molar-refractivity contribution < 1.29 is 9.90 Å². The van der Waals surface area contributed by atoms with Crippen molar-refractivity contribution in [3.63, 3.8) is 0 Å². The highest BCUT2D eigenvalue weighted by atomic mass is 16.4. The molecular weight excluding hydrogens is 238 g/mol. The summed E-state index contributed by atoms with van der Waals surface area (Å²) in [5.41, 5.74) is 1.90. The van der Waals surface area contributed by atoms with E-state index < -0.39 is 12.0 Å². The molecule has 2 rings (SSSR count). The molecule has 0 heterocycles. The van der Waals surface area contributed by atoms with Gasteiger partial charge in [0.05, 0.1) is 0 Å². The normalized spacial score (nSPS) is 12.3. The van der Waals surface area contributed by atoms with Gasteiger partial charge in [0.1, 0.15) is 6.04 Å². The predicted octanol–water partition coefficient (Wildman–Crippen LogP) is 2.94. The molecule has 3 heteroatoms. The third kappa shape index (κ3) is 3.42. The van der Waals surface area contributed by atoms with Crippen molar-refractivity contribution in [1.82, 2.24) is 4.90 Å². The van der Waals surface area contributed by atoms with Crippen LogP contribution < -0.4 is 0 Å². The van der Waals surface area contributed by atoms with Gasteiger partial charge in [-0.1, -0.05) is 60.7 Å². The van der Waals surface area contributed by atoms with Crippen LogP contribution in [0.3, 0.4) is 0 Å². The summed E-state index contributed by atoms with van der Waals surface area (Å²) in [4.78, 5) is 13.3. The monoisotopic (exact) mass is 255 g/mol. The van der Waals surface area contributed by atoms with E-state index in [-0.39, 0.29) is 0 Å². The fourth-order valence-corrected chi connectivity index (χ4v) is 2.18. The summed E-state index contributed by atoms with van der Waals surface area (Å²) < 4.78 is 0. The maximum Gasteiger partial charge on any atom is 0.325 e. The summed E-state index contributed by atoms with van der Waals surface area (Å²) >= 11 is 0. The maximum atomic E-state index is 11.5. The predicted molar refractivity (Wildman–Crippen MR) is 74.7 cm³/mol. The number of benzene rings is 2. The van der Waals surface area contributed by atoms with Crippen molar-refractivity contribution in [2.45, 2.75) is 12.6 Å². The number of rotatable bonds is 5. The molecule has 0 bridgehead atoms. The van der Waals surface area contributed by atoms with Crippen LogP contribution in [-0.2, 0) is 11.3 Å². The third-order valence-electron chi connectivity index (χ3n) is 3.06. The quantitative estimate of drug-likeness (QED) is 0.893. The zero-order valence-electron chi connectivity index (χ0n) is 10.9. The Labute approximate surface area is 113 Å². The first-order valence-electron chi connectivity index (χ1n) is 6.20. The van der Waals surface area contributed by atoms with Crippen molar-refractivity contribution in [1.29, 1.82) is 0 Å². The van der Waals surface area contributed by atoms with E-state index in [1.165, 1.54) is 0 Å². The van der Waals surface area contributed by atoms with E-state index in [1.807, 2.05) is 72.6 Å². The van der Waals surface area contributed by atoms with Crippen molar-refractivity contribution >= 4 is 5.97 Å². The second-order valence-electron chi connectivity index (χ2n) is 4.55. The van der Waals surface area contributed by atoms with Gasteiger partial charge < -0.3 is 5.11 Å². The van der Waals surface area contributed by atoms with Crippen LogP contribution >= 0.6 is 0 Å². The van der Waals surface area contributed by atoms with Crippen molar-refractivity contribution in [2.75, 3.05) is 7.05 Å². The van der Waals surface area contributed by atoms with Crippen LogP contribution in [0.25, 0.3) is 0 Å². The molecule has 19 heavy (non-hydrogen) atoms. The van der Waals surface area contributed by atoms with Crippen LogP contribution in [-0.4, -0.2) is 23.0 Å². The molecule has 1 atom stereocenters. The molecule has 0 aliphatic carbocycles. The number of aliphatic carboxylic acids is 1. The maximum absolute atomic E-state index is 11.5. The Morgan fingerprint density at radius 1 is 1.05 bits per heavy atom. The van der Waals surface area contributed by atoms with Gasteiger partial charge in [-0.25, -0.2) is 0 Å². The highest BCUT2D eigenvalue weighted by Crippen LogP contribution is 2.21. The van der Waals surface area contributed by atoms with Crippen molar-refractivity contribution in [3.05, 3.63) is 71.8 Å². The van der Waals surface area contributed by atoms with Gasteiger partial charge in [0.25, 0.3) is 0 Å². The van der Waals surface area contributed by atoms with Gasteiger partial charge in [-0.15, -0.1) is 0 Å². The lowest BCUT2D eigenvalue weighted by molar-refractivity contribution is -0.143. The summed E-state index contributed by atoms with van der Waals surface area (Å²) in [6, 6.07) is 18.6. The van der Waals surface area contributed by atoms with Crippen LogP contribution in [0.5, 0.6) is 0 Å². The molecule has 0 spiro atoms. The van der Waals surface area contributed by atoms with Crippen LogP contribution in [0.1, 0.15) is 17.2 Å². The van der Waals surface area contributed by atoms with Gasteiger partial charge in [-0.2, -0.15) is 0 Å². The highest BCUT2D eigenvalue weighted by Gasteiger charge is 2.24. The number of carboxylic acid groups (broad SMARTS) is 1. The highest BCUT2D eigenvalue weighted by molar-refractivity contribution is 5.75. The average Bonchev–Trinajstić information content (AvgIpc) is 2.40. The minimum atomic E-state index is -0.829. The number of likely N-dealkylation sites (N-methyl/N-ethyl adjacent to an activating group) is 1. The van der Waals surface area contributed by atoms with E-state index in [0.717, 1.165) is 11.1 Å². The van der Waals surface area contributed by atoms with E-state index in [0.29, 0.717) is 6.54 Å². The molecular formula is C16H17NO2. The first-order chi connectivity index (χ1) is 9.18. The summed E-state index contributed by atoms with van der Waals surface area (Å²) in [7, 11) is 1.83. The molecule has 2 aromatic carbocycles. The van der Waals surface area contributed by atoms with Gasteiger partial charge in [0.15, 0.2) is 0 Å². The number of carboxylic acids is 1. The Bertz CT molecular complexity index is 525. The van der Waals surface area contributed by atoms with E-state index in [4.69, 9.17) is 0 Å². The summed E-state index contributed by atoms with van der Waals surface area (Å²) in [5.74, 6) is -0.829. The van der Waals surface area contributed by atoms with Crippen molar-refractivity contribution in [2.24, 2.45) is 0 Å². The summed E-state index contributed by atoms with van der Waals surface area (Å²) in [5, 5.41) is 9.43. The van der Waals surface area contributed by atoms with Crippen LogP contribution in [0.4, 0.5) is 0 Å². The van der Waals surface area contributed by atoms with Gasteiger partial charge in [0.2, 0.25) is 0 Å². The van der Waals surface area contributed by atoms with Gasteiger partial charge in [-0.05, 0) is 18.2 Å². The SMILES string of the molecule is CN(Cc1ccccc1)[C@H](C(=O)O)c1ccccc1. The number of hydrogen-bond donors (Lipinski definition) is 1. The minimum absolute atomic E-state index is 0.604. The Kier molecular flexibility index (Phi) is 4.31. The molecule has 98 valence electrons. The third-order valence-corrected chi connectivity index (χ3v) is 3.06. The van der Waals surface area contributed by atoms with Crippen LogP contribution in [0.2, 0.25) is 0 Å². The van der Waals surface area contributed by atoms with Gasteiger partial charge in [0, 0.05) is 6.54 Å². The fourth-order valence-electron chi connectivity index (χ4n) is 2.18. The first kappa shape index (κ1) is 13.3. The summed E-state index contributed by atoms with van der Waals surface area (Å²) in [6.45, 7) is 0.604. The van der Waals surface area contributed by atoms with Gasteiger partial charge >= 0.3 is 5.97 Å². The second kappa shape index (κ2) is 6.16. The van der Waals surface area contributed by atoms with Crippen LogP contribution in [0, 0.1) is 0 Å². The molecule has 0 radical (unpaired) electrons. The topological polar surface area (TPSA) is 40.5 Å². The van der Waals surface area contributed by atoms with Crippen molar-refractivity contribution in [3.8, 4) is 0 Å². The zero-order valence-corrected chi connectivity index (χ0v) is 10.9. The molecule has 0 amide bonds. The standard InChI is InChI=1S/C16H17NO2/c1-17(12-13-8-4-2-5-9-13)15(16(18)19)14-10-6-3-7-11-14/h2-11,15H,12H2,1H3,(H,18,19)/t15-/m0/s1. The molecule has 3 nitrogen and oxygen atoms in total. The average molecular weight is 255 g/mol. The molecule has 0 fully saturated rings. The summed E-state index contributed by atoms with van der Waals surface area (Å²) in [6.07, 6.45) is 0. The van der Waals surface area contributed by atoms with E-state index >= 15 is 0 Å². The smallest absolute Gasteiger partial charge is 0.325 e. The van der Waals surface area contributed by atoms with E-state index in [9.17, 15) is 9.90 Å². The lowest BCUT2D eigenvalue weighted by Crippen LogP contribution is -2.30. The lowest BCUT2D eigenvalue weighted by Gasteiger charge is -2.25. The molecule has 0 saturated carbocycles. The second-order valence-corrected chi connectivity index (χ2v) is 4.55. The number of nitrogens with zero attached hydrogens (tertiary/aromatic N) is 1. The van der Waals surface area contributed by atoms with E-state index in [2.05, 4.69) is 0 Å². The lowest BCUT2D eigenvalue weighted by atomic mass is 10.1. The molecule has 0 unspecified atom stereocenters. The molecule has 0 saturated heterocycles. The molecule has 2 aromatic rings. The largest absolute Gasteiger partial charge is 0.480 e. The first-order valence-corrected chi connectivity index (χ1v) is 6.20. The number of carbonyl (C=O) groups is 1. The molecule has 0 aromatic heterocycles. The zero-order chi connectivity index (χ0) is 13.7. The molecule has 1 N–H and O–H groups in total. The Hall–Kier alpha value is -2.13. The van der Waals surface area contributed by atoms with Crippen LogP contribution in [0.15, 0.2) is 60.7 Å². The van der Waals surface area contributed by atoms with Gasteiger partial charge in [-0.3, -0.25) is 9.69 Å².